The Kier molecular flexibility index (Phi) is 3.69. The first-order valence-corrected chi connectivity index (χ1v) is 6.21. The van der Waals surface area contributed by atoms with Gasteiger partial charge in [0.2, 0.25) is 0 Å². The lowest BCUT2D eigenvalue weighted by Gasteiger charge is -2.39. The van der Waals surface area contributed by atoms with Crippen molar-refractivity contribution in [3.8, 4) is 5.75 Å². The zero-order valence-electron chi connectivity index (χ0n) is 10.6. The molecule has 3 heteroatoms. The lowest BCUT2D eigenvalue weighted by Crippen LogP contribution is -2.50. The number of hydrogen-bond acceptors (Lipinski definition) is 3. The average Bonchev–Trinajstić information content (AvgIpc) is 2.34. The lowest BCUT2D eigenvalue weighted by molar-refractivity contribution is -0.0333. The van der Waals surface area contributed by atoms with Gasteiger partial charge in [-0.05, 0) is 30.5 Å². The number of rotatable bonds is 3. The number of benzene rings is 1. The van der Waals surface area contributed by atoms with Gasteiger partial charge in [-0.15, -0.1) is 0 Å². The Labute approximate surface area is 103 Å². The molecule has 17 heavy (non-hydrogen) atoms. The van der Waals surface area contributed by atoms with Crippen LogP contribution in [0.2, 0.25) is 0 Å². The molecule has 1 aromatic carbocycles. The molecule has 1 aliphatic rings. The maximum absolute atomic E-state index is 10.7. The highest BCUT2D eigenvalue weighted by atomic mass is 16.5. The maximum Gasteiger partial charge on any atom is 0.122 e. The van der Waals surface area contributed by atoms with Gasteiger partial charge in [0.15, 0.2) is 0 Å². The Morgan fingerprint density at radius 2 is 2.24 bits per heavy atom. The van der Waals surface area contributed by atoms with Crippen LogP contribution in [0.4, 0.5) is 0 Å². The van der Waals surface area contributed by atoms with Crippen molar-refractivity contribution >= 4 is 0 Å². The van der Waals surface area contributed by atoms with Crippen molar-refractivity contribution in [2.24, 2.45) is 5.92 Å². The molecule has 0 spiro atoms. The third kappa shape index (κ3) is 2.61. The molecule has 2 rings (SSSR count). The van der Waals surface area contributed by atoms with E-state index >= 15 is 0 Å². The number of para-hydroxylation sites is 1. The van der Waals surface area contributed by atoms with E-state index < -0.39 is 5.60 Å². The number of nitrogens with one attached hydrogen (secondary N) is 1. The summed E-state index contributed by atoms with van der Waals surface area (Å²) in [6, 6.07) is 7.93. The average molecular weight is 235 g/mol. The van der Waals surface area contributed by atoms with Gasteiger partial charge in [0.1, 0.15) is 5.75 Å². The van der Waals surface area contributed by atoms with Crippen LogP contribution in [0.5, 0.6) is 5.75 Å². The normalized spacial score (nSPS) is 29.0. The van der Waals surface area contributed by atoms with Gasteiger partial charge in [0.25, 0.3) is 0 Å². The van der Waals surface area contributed by atoms with Crippen molar-refractivity contribution < 1.29 is 9.84 Å². The number of piperidine rings is 1. The first kappa shape index (κ1) is 12.4. The molecular weight excluding hydrogens is 214 g/mol. The third-order valence-corrected chi connectivity index (χ3v) is 3.79. The minimum atomic E-state index is -0.611. The molecule has 0 radical (unpaired) electrons. The zero-order chi connectivity index (χ0) is 12.3. The largest absolute Gasteiger partial charge is 0.496 e. The van der Waals surface area contributed by atoms with Gasteiger partial charge in [-0.1, -0.05) is 25.1 Å². The Hall–Kier alpha value is -1.06. The molecule has 2 unspecified atom stereocenters. The second-order valence-electron chi connectivity index (χ2n) is 4.95. The number of aliphatic hydroxyl groups is 1. The predicted octanol–water partition coefficient (Wildman–Crippen LogP) is 1.60. The molecule has 1 saturated heterocycles. The minimum absolute atomic E-state index is 0.265. The van der Waals surface area contributed by atoms with Crippen LogP contribution in [0.1, 0.15) is 18.9 Å². The molecule has 0 bridgehead atoms. The van der Waals surface area contributed by atoms with E-state index in [2.05, 4.69) is 12.2 Å². The van der Waals surface area contributed by atoms with Crippen LogP contribution in [0, 0.1) is 5.92 Å². The number of ether oxygens (including phenoxy) is 1. The number of methoxy groups -OCH3 is 1. The second kappa shape index (κ2) is 5.07. The van der Waals surface area contributed by atoms with E-state index in [1.54, 1.807) is 7.11 Å². The Morgan fingerprint density at radius 1 is 1.47 bits per heavy atom. The van der Waals surface area contributed by atoms with Crippen molar-refractivity contribution in [2.75, 3.05) is 20.2 Å². The van der Waals surface area contributed by atoms with Gasteiger partial charge >= 0.3 is 0 Å². The summed E-state index contributed by atoms with van der Waals surface area (Å²) in [5, 5.41) is 14.0. The molecule has 1 heterocycles. The van der Waals surface area contributed by atoms with Crippen molar-refractivity contribution in [1.82, 2.24) is 5.32 Å². The summed E-state index contributed by atoms with van der Waals surface area (Å²) >= 11 is 0. The van der Waals surface area contributed by atoms with E-state index in [-0.39, 0.29) is 5.92 Å². The van der Waals surface area contributed by atoms with E-state index in [1.165, 1.54) is 0 Å². The SMILES string of the molecule is COc1ccccc1CC1(O)CCNCC1C. The highest BCUT2D eigenvalue weighted by Gasteiger charge is 2.36. The van der Waals surface area contributed by atoms with Gasteiger partial charge in [-0.2, -0.15) is 0 Å². The van der Waals surface area contributed by atoms with E-state index in [4.69, 9.17) is 4.74 Å². The van der Waals surface area contributed by atoms with E-state index in [0.29, 0.717) is 6.42 Å². The monoisotopic (exact) mass is 235 g/mol. The van der Waals surface area contributed by atoms with Crippen LogP contribution in [0.3, 0.4) is 0 Å². The molecule has 0 saturated carbocycles. The van der Waals surface area contributed by atoms with Crippen LogP contribution >= 0.6 is 0 Å². The summed E-state index contributed by atoms with van der Waals surface area (Å²) in [6.45, 7) is 3.86. The summed E-state index contributed by atoms with van der Waals surface area (Å²) in [5.41, 5.74) is 0.478. The quantitative estimate of drug-likeness (QED) is 0.836. The maximum atomic E-state index is 10.7. The summed E-state index contributed by atoms with van der Waals surface area (Å²) in [7, 11) is 1.68. The topological polar surface area (TPSA) is 41.5 Å². The van der Waals surface area contributed by atoms with Crippen LogP contribution in [0.25, 0.3) is 0 Å². The van der Waals surface area contributed by atoms with Crippen LogP contribution in [0.15, 0.2) is 24.3 Å². The second-order valence-corrected chi connectivity index (χ2v) is 4.95. The van der Waals surface area contributed by atoms with Crippen molar-refractivity contribution in [3.05, 3.63) is 29.8 Å². The minimum Gasteiger partial charge on any atom is -0.496 e. The summed E-state index contributed by atoms with van der Waals surface area (Å²) in [6.07, 6.45) is 1.46. The van der Waals surface area contributed by atoms with Gasteiger partial charge in [0, 0.05) is 13.0 Å². The molecule has 0 aliphatic carbocycles. The summed E-state index contributed by atoms with van der Waals surface area (Å²) in [5.74, 6) is 1.13. The van der Waals surface area contributed by atoms with Gasteiger partial charge in [0.05, 0.1) is 12.7 Å². The fourth-order valence-electron chi connectivity index (χ4n) is 2.50. The van der Waals surface area contributed by atoms with Crippen LogP contribution in [-0.4, -0.2) is 30.9 Å². The standard InChI is InChI=1S/C14H21NO2/c1-11-10-15-8-7-14(11,16)9-12-5-3-4-6-13(12)17-2/h3-6,11,15-16H,7-10H2,1-2H3. The molecule has 1 aliphatic heterocycles. The highest BCUT2D eigenvalue weighted by molar-refractivity contribution is 5.34. The molecule has 0 amide bonds. The molecule has 1 fully saturated rings. The number of hydrogen-bond donors (Lipinski definition) is 2. The zero-order valence-corrected chi connectivity index (χ0v) is 10.6. The first-order chi connectivity index (χ1) is 8.15. The molecule has 2 N–H and O–H groups in total. The molecule has 0 aromatic heterocycles. The molecule has 2 atom stereocenters. The van der Waals surface area contributed by atoms with Crippen LogP contribution < -0.4 is 10.1 Å². The highest BCUT2D eigenvalue weighted by Crippen LogP contribution is 2.31. The van der Waals surface area contributed by atoms with Gasteiger partial charge in [-0.25, -0.2) is 0 Å². The van der Waals surface area contributed by atoms with Crippen LogP contribution in [-0.2, 0) is 6.42 Å². The van der Waals surface area contributed by atoms with E-state index in [9.17, 15) is 5.11 Å². The molecular formula is C14H21NO2. The van der Waals surface area contributed by atoms with Crippen molar-refractivity contribution in [3.63, 3.8) is 0 Å². The fraction of sp³-hybridized carbons (Fsp3) is 0.571. The fourth-order valence-corrected chi connectivity index (χ4v) is 2.50. The van der Waals surface area contributed by atoms with Crippen molar-refractivity contribution in [2.45, 2.75) is 25.4 Å². The molecule has 94 valence electrons. The lowest BCUT2D eigenvalue weighted by atomic mass is 9.78. The van der Waals surface area contributed by atoms with E-state index in [1.807, 2.05) is 24.3 Å². The molecule has 1 aromatic rings. The summed E-state index contributed by atoms with van der Waals surface area (Å²) < 4.78 is 5.34. The van der Waals surface area contributed by atoms with E-state index in [0.717, 1.165) is 30.8 Å². The third-order valence-electron chi connectivity index (χ3n) is 3.79. The van der Waals surface area contributed by atoms with Gasteiger partial charge in [-0.3, -0.25) is 0 Å². The summed E-state index contributed by atoms with van der Waals surface area (Å²) in [4.78, 5) is 0. The van der Waals surface area contributed by atoms with Gasteiger partial charge < -0.3 is 15.2 Å². The first-order valence-electron chi connectivity index (χ1n) is 6.21. The Balaban J connectivity index is 2.18. The Bertz CT molecular complexity index is 380. The predicted molar refractivity (Wildman–Crippen MR) is 68.3 cm³/mol. The van der Waals surface area contributed by atoms with Crippen molar-refractivity contribution in [1.29, 1.82) is 0 Å². The Morgan fingerprint density at radius 3 is 2.94 bits per heavy atom. The smallest absolute Gasteiger partial charge is 0.122 e. The molecule has 3 nitrogen and oxygen atoms in total.